The minimum atomic E-state index is 0.368. The van der Waals surface area contributed by atoms with Crippen LogP contribution in [0.2, 0.25) is 0 Å². The molecule has 4 heteroatoms. The van der Waals surface area contributed by atoms with E-state index >= 15 is 0 Å². The third-order valence-electron chi connectivity index (χ3n) is 3.45. The standard InChI is InChI=1S/C16H28N2OS/c1-13(2)9-17-10-14-5-6-15(19-14)11-18-7-8-20-16(3,4)12-18/h5-6,13,17H,7-12H2,1-4H3. The van der Waals surface area contributed by atoms with E-state index in [1.165, 1.54) is 5.75 Å². The van der Waals surface area contributed by atoms with E-state index in [2.05, 4.69) is 61.8 Å². The van der Waals surface area contributed by atoms with Gasteiger partial charge < -0.3 is 9.73 Å². The van der Waals surface area contributed by atoms with E-state index in [9.17, 15) is 0 Å². The van der Waals surface area contributed by atoms with Crippen LogP contribution in [0.25, 0.3) is 0 Å². The van der Waals surface area contributed by atoms with Gasteiger partial charge in [0, 0.05) is 23.6 Å². The van der Waals surface area contributed by atoms with Crippen LogP contribution in [-0.2, 0) is 13.1 Å². The van der Waals surface area contributed by atoms with Crippen molar-refractivity contribution in [1.82, 2.24) is 10.2 Å². The molecule has 1 fully saturated rings. The smallest absolute Gasteiger partial charge is 0.118 e. The number of nitrogens with zero attached hydrogens (tertiary/aromatic N) is 1. The Morgan fingerprint density at radius 2 is 2.10 bits per heavy atom. The van der Waals surface area contributed by atoms with Crippen LogP contribution in [-0.4, -0.2) is 35.0 Å². The molecule has 20 heavy (non-hydrogen) atoms. The van der Waals surface area contributed by atoms with Crippen LogP contribution in [0.15, 0.2) is 16.5 Å². The largest absolute Gasteiger partial charge is 0.463 e. The molecule has 0 unspecified atom stereocenters. The van der Waals surface area contributed by atoms with Gasteiger partial charge in [0.15, 0.2) is 0 Å². The number of hydrogen-bond donors (Lipinski definition) is 1. The lowest BCUT2D eigenvalue weighted by atomic mass is 10.2. The van der Waals surface area contributed by atoms with Crippen LogP contribution in [0, 0.1) is 5.92 Å². The molecule has 1 aromatic heterocycles. The van der Waals surface area contributed by atoms with Crippen molar-refractivity contribution in [3.8, 4) is 0 Å². The third-order valence-corrected chi connectivity index (χ3v) is 4.75. The molecule has 1 saturated heterocycles. The summed E-state index contributed by atoms with van der Waals surface area (Å²) in [4.78, 5) is 2.50. The lowest BCUT2D eigenvalue weighted by Gasteiger charge is -2.37. The molecule has 0 spiro atoms. The quantitative estimate of drug-likeness (QED) is 0.871. The van der Waals surface area contributed by atoms with Crippen molar-refractivity contribution in [3.05, 3.63) is 23.7 Å². The first kappa shape index (κ1) is 15.9. The number of nitrogens with one attached hydrogen (secondary N) is 1. The number of rotatable bonds is 6. The molecule has 0 aromatic carbocycles. The molecule has 114 valence electrons. The normalized spacial score (nSPS) is 19.6. The summed E-state index contributed by atoms with van der Waals surface area (Å²) in [6.07, 6.45) is 0. The molecule has 0 saturated carbocycles. The van der Waals surface area contributed by atoms with Gasteiger partial charge in [0.1, 0.15) is 11.5 Å². The Bertz CT molecular complexity index is 414. The maximum atomic E-state index is 5.93. The summed E-state index contributed by atoms with van der Waals surface area (Å²) in [7, 11) is 0. The second-order valence-corrected chi connectivity index (χ2v) is 8.51. The van der Waals surface area contributed by atoms with Gasteiger partial charge in [-0.1, -0.05) is 13.8 Å². The summed E-state index contributed by atoms with van der Waals surface area (Å²) >= 11 is 2.07. The minimum absolute atomic E-state index is 0.368. The molecule has 1 aromatic rings. The summed E-state index contributed by atoms with van der Waals surface area (Å²) in [5.74, 6) is 4.04. The van der Waals surface area contributed by atoms with E-state index in [1.807, 2.05) is 0 Å². The summed E-state index contributed by atoms with van der Waals surface area (Å²) in [5.41, 5.74) is 0. The topological polar surface area (TPSA) is 28.4 Å². The lowest BCUT2D eigenvalue weighted by molar-refractivity contribution is 0.230. The first-order valence-corrected chi connectivity index (χ1v) is 8.58. The van der Waals surface area contributed by atoms with Gasteiger partial charge >= 0.3 is 0 Å². The average Bonchev–Trinajstić information content (AvgIpc) is 2.75. The van der Waals surface area contributed by atoms with Gasteiger partial charge in [-0.05, 0) is 38.4 Å². The number of hydrogen-bond acceptors (Lipinski definition) is 4. The van der Waals surface area contributed by atoms with Crippen molar-refractivity contribution in [2.75, 3.05) is 25.4 Å². The zero-order valence-corrected chi connectivity index (χ0v) is 14.1. The molecule has 0 atom stereocenters. The van der Waals surface area contributed by atoms with Crippen molar-refractivity contribution in [2.45, 2.75) is 45.5 Å². The molecule has 0 amide bonds. The van der Waals surface area contributed by atoms with E-state index < -0.39 is 0 Å². The monoisotopic (exact) mass is 296 g/mol. The zero-order valence-electron chi connectivity index (χ0n) is 13.2. The summed E-state index contributed by atoms with van der Waals surface area (Å²) in [5, 5.41) is 3.42. The van der Waals surface area contributed by atoms with Gasteiger partial charge in [0.25, 0.3) is 0 Å². The Hall–Kier alpha value is -0.450. The second kappa shape index (κ2) is 7.01. The van der Waals surface area contributed by atoms with E-state index in [0.29, 0.717) is 10.7 Å². The highest BCUT2D eigenvalue weighted by Gasteiger charge is 2.27. The van der Waals surface area contributed by atoms with E-state index in [1.54, 1.807) is 0 Å². The molecular formula is C16H28N2OS. The average molecular weight is 296 g/mol. The molecule has 0 aliphatic carbocycles. The van der Waals surface area contributed by atoms with Gasteiger partial charge in [-0.2, -0.15) is 11.8 Å². The van der Waals surface area contributed by atoms with Crippen molar-refractivity contribution >= 4 is 11.8 Å². The predicted octanol–water partition coefficient (Wildman–Crippen LogP) is 3.35. The molecule has 1 aliphatic rings. The first-order chi connectivity index (χ1) is 9.44. The van der Waals surface area contributed by atoms with E-state index in [0.717, 1.165) is 44.2 Å². The van der Waals surface area contributed by atoms with Crippen LogP contribution in [0.5, 0.6) is 0 Å². The fourth-order valence-electron chi connectivity index (χ4n) is 2.56. The highest BCUT2D eigenvalue weighted by molar-refractivity contribution is 8.00. The minimum Gasteiger partial charge on any atom is -0.463 e. The van der Waals surface area contributed by atoms with Crippen molar-refractivity contribution in [1.29, 1.82) is 0 Å². The highest BCUT2D eigenvalue weighted by atomic mass is 32.2. The van der Waals surface area contributed by atoms with Gasteiger partial charge in [-0.15, -0.1) is 0 Å². The molecule has 2 rings (SSSR count). The Balaban J connectivity index is 1.80. The number of furan rings is 1. The van der Waals surface area contributed by atoms with Gasteiger partial charge in [-0.3, -0.25) is 4.90 Å². The van der Waals surface area contributed by atoms with E-state index in [-0.39, 0.29) is 0 Å². The first-order valence-electron chi connectivity index (χ1n) is 7.59. The third kappa shape index (κ3) is 5.15. The van der Waals surface area contributed by atoms with Crippen molar-refractivity contribution in [2.24, 2.45) is 5.92 Å². The number of thioether (sulfide) groups is 1. The van der Waals surface area contributed by atoms with Crippen molar-refractivity contribution < 1.29 is 4.42 Å². The Morgan fingerprint density at radius 1 is 1.35 bits per heavy atom. The van der Waals surface area contributed by atoms with Crippen LogP contribution in [0.1, 0.15) is 39.2 Å². The maximum Gasteiger partial charge on any atom is 0.118 e. The van der Waals surface area contributed by atoms with Crippen LogP contribution in [0.4, 0.5) is 0 Å². The van der Waals surface area contributed by atoms with Gasteiger partial charge in [0.2, 0.25) is 0 Å². The van der Waals surface area contributed by atoms with Gasteiger partial charge in [0.05, 0.1) is 13.1 Å². The molecule has 3 nitrogen and oxygen atoms in total. The second-order valence-electron chi connectivity index (χ2n) is 6.71. The SMILES string of the molecule is CC(C)CNCc1ccc(CN2CCSC(C)(C)C2)o1. The van der Waals surface area contributed by atoms with Crippen molar-refractivity contribution in [3.63, 3.8) is 0 Å². The predicted molar refractivity (Wildman–Crippen MR) is 87.1 cm³/mol. The molecule has 1 aliphatic heterocycles. The molecule has 0 radical (unpaired) electrons. The molecular weight excluding hydrogens is 268 g/mol. The Morgan fingerprint density at radius 3 is 2.80 bits per heavy atom. The summed E-state index contributed by atoms with van der Waals surface area (Å²) < 4.78 is 6.29. The van der Waals surface area contributed by atoms with E-state index in [4.69, 9.17) is 4.42 Å². The molecule has 2 heterocycles. The Labute approximate surface area is 127 Å². The molecule has 1 N–H and O–H groups in total. The maximum absolute atomic E-state index is 5.93. The highest BCUT2D eigenvalue weighted by Crippen LogP contribution is 2.30. The summed E-state index contributed by atoms with van der Waals surface area (Å²) in [6.45, 7) is 14.2. The zero-order chi connectivity index (χ0) is 14.6. The van der Waals surface area contributed by atoms with Crippen LogP contribution < -0.4 is 5.32 Å². The molecule has 0 bridgehead atoms. The summed E-state index contributed by atoms with van der Waals surface area (Å²) in [6, 6.07) is 4.23. The fourth-order valence-corrected chi connectivity index (χ4v) is 3.73. The van der Waals surface area contributed by atoms with Crippen LogP contribution in [0.3, 0.4) is 0 Å². The Kier molecular flexibility index (Phi) is 5.58. The van der Waals surface area contributed by atoms with Crippen LogP contribution >= 0.6 is 11.8 Å². The van der Waals surface area contributed by atoms with Gasteiger partial charge in [-0.25, -0.2) is 0 Å². The fraction of sp³-hybridized carbons (Fsp3) is 0.750. The lowest BCUT2D eigenvalue weighted by Crippen LogP contribution is -2.42.